The Labute approximate surface area is 214 Å². The number of hydrogen-bond donors (Lipinski definition) is 4. The van der Waals surface area contributed by atoms with Crippen LogP contribution >= 0.6 is 7.75 Å². The highest BCUT2D eigenvalue weighted by atomic mass is 31.2. The van der Waals surface area contributed by atoms with Crippen LogP contribution in [0.4, 0.5) is 4.39 Å². The van der Waals surface area contributed by atoms with Crippen LogP contribution in [-0.2, 0) is 28.2 Å². The standard InChI is InChI=1S/C22H27FN3O11P/c1-12(19(31)35-13(2)18(29)30)25-38(33,37-14-7-5-4-6-8-14)34-11-15-17(28)22(3,23)20(36-15)26-10-9-16(27)24-21(26)32/h4-10,12-13,15,17,20,28H,11H2,1-3H3,(H,25,33)(H,29,30)(H,24,27,32)/t12-,13-,15+,17+,20+,22+,38-/m0/s1. The number of aliphatic hydroxyl groups excluding tert-OH is 1. The van der Waals surface area contributed by atoms with Gasteiger partial charge in [-0.05, 0) is 32.9 Å². The SMILES string of the molecule is C[C@H](N[P@](=O)(OC[C@H]1O[C@@H](n2ccc(=O)[nH]c2=O)[C@](C)(F)[C@@H]1O)Oc1ccccc1)C(=O)O[C@@H](C)C(=O)O. The first-order valence-corrected chi connectivity index (χ1v) is 12.8. The lowest BCUT2D eigenvalue weighted by Gasteiger charge is -2.25. The molecule has 1 fully saturated rings. The van der Waals surface area contributed by atoms with Gasteiger partial charge in [0.25, 0.3) is 5.56 Å². The summed E-state index contributed by atoms with van der Waals surface area (Å²) in [6.07, 6.45) is -5.52. The van der Waals surface area contributed by atoms with Crippen LogP contribution in [0.25, 0.3) is 0 Å². The fraction of sp³-hybridized carbons (Fsp3) is 0.455. The molecule has 208 valence electrons. The monoisotopic (exact) mass is 559 g/mol. The Morgan fingerprint density at radius 1 is 1.26 bits per heavy atom. The van der Waals surface area contributed by atoms with E-state index in [4.69, 9.17) is 23.6 Å². The minimum Gasteiger partial charge on any atom is -0.479 e. The summed E-state index contributed by atoms with van der Waals surface area (Å²) in [6, 6.07) is 7.24. The van der Waals surface area contributed by atoms with E-state index in [1.807, 2.05) is 4.98 Å². The topological polar surface area (TPSA) is 195 Å². The molecule has 0 amide bonds. The summed E-state index contributed by atoms with van der Waals surface area (Å²) in [5.74, 6) is -2.42. The number of carboxylic acids is 1. The highest BCUT2D eigenvalue weighted by molar-refractivity contribution is 7.52. The van der Waals surface area contributed by atoms with Crippen molar-refractivity contribution in [2.45, 2.75) is 57.0 Å². The molecule has 3 rings (SSSR count). The van der Waals surface area contributed by atoms with Crippen LogP contribution in [0, 0.1) is 0 Å². The number of aliphatic carboxylic acids is 1. The number of nitrogens with one attached hydrogen (secondary N) is 2. The lowest BCUT2D eigenvalue weighted by molar-refractivity contribution is -0.163. The molecule has 1 aliphatic heterocycles. The molecule has 1 aromatic carbocycles. The van der Waals surface area contributed by atoms with Crippen LogP contribution in [-0.4, -0.2) is 68.3 Å². The Balaban J connectivity index is 1.79. The van der Waals surface area contributed by atoms with Crippen molar-refractivity contribution in [3.05, 3.63) is 63.4 Å². The van der Waals surface area contributed by atoms with Gasteiger partial charge < -0.3 is 24.2 Å². The molecule has 0 bridgehead atoms. The minimum absolute atomic E-state index is 0.0590. The van der Waals surface area contributed by atoms with Crippen molar-refractivity contribution in [2.24, 2.45) is 0 Å². The smallest absolute Gasteiger partial charge is 0.459 e. The summed E-state index contributed by atoms with van der Waals surface area (Å²) >= 11 is 0. The van der Waals surface area contributed by atoms with Gasteiger partial charge in [0.15, 0.2) is 18.0 Å². The maximum atomic E-state index is 15.4. The second kappa shape index (κ2) is 11.6. The van der Waals surface area contributed by atoms with Crippen LogP contribution in [0.1, 0.15) is 27.0 Å². The summed E-state index contributed by atoms with van der Waals surface area (Å²) < 4.78 is 50.9. The maximum absolute atomic E-state index is 15.4. The van der Waals surface area contributed by atoms with Gasteiger partial charge in [0, 0.05) is 12.3 Å². The molecule has 0 aliphatic carbocycles. The van der Waals surface area contributed by atoms with Crippen LogP contribution in [0.5, 0.6) is 5.75 Å². The van der Waals surface area contributed by atoms with Crippen molar-refractivity contribution < 1.29 is 47.3 Å². The first-order chi connectivity index (χ1) is 17.7. The van der Waals surface area contributed by atoms with Crippen molar-refractivity contribution >= 4 is 19.7 Å². The predicted molar refractivity (Wildman–Crippen MR) is 127 cm³/mol. The van der Waals surface area contributed by atoms with E-state index in [2.05, 4.69) is 5.09 Å². The molecule has 14 nitrogen and oxygen atoms in total. The van der Waals surface area contributed by atoms with Gasteiger partial charge in [-0.1, -0.05) is 18.2 Å². The van der Waals surface area contributed by atoms with Gasteiger partial charge in [-0.25, -0.2) is 18.5 Å². The number of ether oxygens (including phenoxy) is 2. The average molecular weight is 559 g/mol. The summed E-state index contributed by atoms with van der Waals surface area (Å²) in [6.45, 7) is 2.58. The number of hydrogen-bond acceptors (Lipinski definition) is 10. The van der Waals surface area contributed by atoms with Gasteiger partial charge in [-0.2, -0.15) is 5.09 Å². The summed E-state index contributed by atoms with van der Waals surface area (Å²) in [5.41, 5.74) is -4.25. The van der Waals surface area contributed by atoms with Crippen LogP contribution in [0.2, 0.25) is 0 Å². The third-order valence-electron chi connectivity index (χ3n) is 5.54. The predicted octanol–water partition coefficient (Wildman–Crippen LogP) is 0.721. The number of benzene rings is 1. The van der Waals surface area contributed by atoms with Gasteiger partial charge in [0.2, 0.25) is 0 Å². The summed E-state index contributed by atoms with van der Waals surface area (Å²) in [7, 11) is -4.47. The van der Waals surface area contributed by atoms with Crippen molar-refractivity contribution in [2.75, 3.05) is 6.61 Å². The van der Waals surface area contributed by atoms with E-state index < -0.39 is 73.8 Å². The van der Waals surface area contributed by atoms with Crippen molar-refractivity contribution in [3.8, 4) is 5.75 Å². The Morgan fingerprint density at radius 3 is 2.53 bits per heavy atom. The third kappa shape index (κ3) is 6.74. The first kappa shape index (κ1) is 29.2. The van der Waals surface area contributed by atoms with E-state index in [1.54, 1.807) is 18.2 Å². The van der Waals surface area contributed by atoms with E-state index in [0.29, 0.717) is 0 Å². The minimum atomic E-state index is -4.47. The van der Waals surface area contributed by atoms with Gasteiger partial charge in [0.05, 0.1) is 6.61 Å². The molecule has 1 saturated heterocycles. The molecule has 4 N–H and O–H groups in total. The maximum Gasteiger partial charge on any atom is 0.459 e. The number of rotatable bonds is 11. The van der Waals surface area contributed by atoms with E-state index >= 15 is 4.39 Å². The van der Waals surface area contributed by atoms with E-state index in [0.717, 1.165) is 30.7 Å². The van der Waals surface area contributed by atoms with Gasteiger partial charge in [0.1, 0.15) is 24.0 Å². The zero-order valence-electron chi connectivity index (χ0n) is 20.5. The second-order valence-corrected chi connectivity index (χ2v) is 10.3. The number of carbonyl (C=O) groups excluding carboxylic acids is 1. The van der Waals surface area contributed by atoms with Crippen LogP contribution in [0.15, 0.2) is 52.2 Å². The molecule has 1 aliphatic rings. The molecule has 16 heteroatoms. The van der Waals surface area contributed by atoms with Crippen molar-refractivity contribution in [1.82, 2.24) is 14.6 Å². The number of esters is 1. The molecule has 7 atom stereocenters. The Bertz CT molecular complexity index is 1320. The number of aliphatic hydroxyl groups is 1. The summed E-state index contributed by atoms with van der Waals surface area (Å²) in [4.78, 5) is 48.7. The first-order valence-electron chi connectivity index (χ1n) is 11.3. The van der Waals surface area contributed by atoms with Gasteiger partial charge in [-0.3, -0.25) is 23.7 Å². The second-order valence-electron chi connectivity index (χ2n) is 8.61. The number of alkyl halides is 1. The highest BCUT2D eigenvalue weighted by Gasteiger charge is 2.56. The molecule has 0 radical (unpaired) electrons. The Kier molecular flexibility index (Phi) is 8.90. The molecule has 0 saturated carbocycles. The number of aromatic nitrogens is 2. The molecule has 2 aromatic rings. The fourth-order valence-corrected chi connectivity index (χ4v) is 4.96. The number of carbonyl (C=O) groups is 2. The normalized spacial score (nSPS) is 26.2. The van der Waals surface area contributed by atoms with Crippen molar-refractivity contribution in [3.63, 3.8) is 0 Å². The Hall–Kier alpha value is -3.36. The zero-order valence-corrected chi connectivity index (χ0v) is 21.4. The molecule has 1 aromatic heterocycles. The number of para-hydroxylation sites is 1. The summed E-state index contributed by atoms with van der Waals surface area (Å²) in [5, 5.41) is 21.8. The quantitative estimate of drug-likeness (QED) is 0.223. The number of nitrogens with zero attached hydrogens (tertiary/aromatic N) is 1. The highest BCUT2D eigenvalue weighted by Crippen LogP contribution is 2.47. The lowest BCUT2D eigenvalue weighted by Crippen LogP contribution is -2.44. The molecular weight excluding hydrogens is 532 g/mol. The molecule has 2 heterocycles. The number of halogens is 1. The molecule has 0 unspecified atom stereocenters. The van der Waals surface area contributed by atoms with E-state index in [9.17, 15) is 28.8 Å². The molecule has 38 heavy (non-hydrogen) atoms. The third-order valence-corrected chi connectivity index (χ3v) is 7.19. The molecular formula is C22H27FN3O11P. The van der Waals surface area contributed by atoms with Crippen LogP contribution < -0.4 is 20.9 Å². The number of carboxylic acid groups (broad SMARTS) is 1. The lowest BCUT2D eigenvalue weighted by atomic mass is 9.98. The van der Waals surface area contributed by atoms with E-state index in [-0.39, 0.29) is 5.75 Å². The largest absolute Gasteiger partial charge is 0.479 e. The fourth-order valence-electron chi connectivity index (χ4n) is 3.46. The van der Waals surface area contributed by atoms with Crippen LogP contribution in [0.3, 0.4) is 0 Å². The van der Waals surface area contributed by atoms with E-state index in [1.165, 1.54) is 19.1 Å². The molecule has 0 spiro atoms. The van der Waals surface area contributed by atoms with Gasteiger partial charge >= 0.3 is 25.4 Å². The van der Waals surface area contributed by atoms with Crippen molar-refractivity contribution in [1.29, 1.82) is 0 Å². The zero-order chi connectivity index (χ0) is 28.3. The Morgan fingerprint density at radius 2 is 1.92 bits per heavy atom. The number of aromatic amines is 1. The number of H-pyrrole nitrogens is 1. The average Bonchev–Trinajstić information content (AvgIpc) is 3.06. The van der Waals surface area contributed by atoms with Gasteiger partial charge in [-0.15, -0.1) is 0 Å².